The molecule has 2 unspecified atom stereocenters. The van der Waals surface area contributed by atoms with E-state index in [1.807, 2.05) is 6.92 Å². The lowest BCUT2D eigenvalue weighted by atomic mass is 10.1. The number of methoxy groups -OCH3 is 1. The maximum absolute atomic E-state index is 11.1. The maximum atomic E-state index is 11.1. The highest BCUT2D eigenvalue weighted by Gasteiger charge is 2.14. The molecule has 0 fully saturated rings. The number of hydrogen-bond acceptors (Lipinski definition) is 3. The van der Waals surface area contributed by atoms with E-state index in [9.17, 15) is 4.79 Å². The number of esters is 1. The van der Waals surface area contributed by atoms with Gasteiger partial charge in [-0.05, 0) is 20.3 Å². The van der Waals surface area contributed by atoms with Gasteiger partial charge in [0.25, 0.3) is 0 Å². The van der Waals surface area contributed by atoms with Crippen LogP contribution in [0.1, 0.15) is 52.9 Å². The summed E-state index contributed by atoms with van der Waals surface area (Å²) in [4.78, 5) is 11.1. The van der Waals surface area contributed by atoms with Crippen LogP contribution in [0, 0.1) is 5.92 Å². The van der Waals surface area contributed by atoms with E-state index in [-0.39, 0.29) is 18.0 Å². The normalized spacial score (nSPS) is 14.5. The van der Waals surface area contributed by atoms with Gasteiger partial charge in [-0.15, -0.1) is 0 Å². The molecule has 0 aromatic carbocycles. The second-order valence-electron chi connectivity index (χ2n) is 4.42. The molecule has 3 heteroatoms. The van der Waals surface area contributed by atoms with Gasteiger partial charge in [-0.25, -0.2) is 0 Å². The number of rotatable bonds is 9. The fourth-order valence-corrected chi connectivity index (χ4v) is 1.52. The predicted molar refractivity (Wildman–Crippen MR) is 65.4 cm³/mol. The Labute approximate surface area is 99.5 Å². The Morgan fingerprint density at radius 1 is 1.19 bits per heavy atom. The Morgan fingerprint density at radius 2 is 1.88 bits per heavy atom. The van der Waals surface area contributed by atoms with Crippen molar-refractivity contribution in [2.45, 2.75) is 59.0 Å². The molecule has 0 aliphatic heterocycles. The average Bonchev–Trinajstić information content (AvgIpc) is 2.30. The van der Waals surface area contributed by atoms with Gasteiger partial charge in [0, 0.05) is 0 Å². The standard InChI is InChI=1S/C13H26O3/c1-5-6-7-8-9-12(3)16-10-11(2)13(14)15-4/h11-12H,5-10H2,1-4H3. The molecular weight excluding hydrogens is 204 g/mol. The quantitative estimate of drug-likeness (QED) is 0.451. The van der Waals surface area contributed by atoms with E-state index in [0.29, 0.717) is 6.61 Å². The first-order valence-corrected chi connectivity index (χ1v) is 6.31. The van der Waals surface area contributed by atoms with Crippen LogP contribution >= 0.6 is 0 Å². The largest absolute Gasteiger partial charge is 0.469 e. The second-order valence-corrected chi connectivity index (χ2v) is 4.42. The first-order valence-electron chi connectivity index (χ1n) is 6.31. The monoisotopic (exact) mass is 230 g/mol. The van der Waals surface area contributed by atoms with Crippen LogP contribution in [0.15, 0.2) is 0 Å². The minimum Gasteiger partial charge on any atom is -0.469 e. The number of unbranched alkanes of at least 4 members (excludes halogenated alkanes) is 3. The van der Waals surface area contributed by atoms with Crippen molar-refractivity contribution in [1.29, 1.82) is 0 Å². The van der Waals surface area contributed by atoms with Crippen molar-refractivity contribution in [3.05, 3.63) is 0 Å². The van der Waals surface area contributed by atoms with Gasteiger partial charge in [0.15, 0.2) is 0 Å². The molecule has 0 radical (unpaired) electrons. The third kappa shape index (κ3) is 7.69. The predicted octanol–water partition coefficient (Wildman–Crippen LogP) is 3.17. The zero-order chi connectivity index (χ0) is 12.4. The van der Waals surface area contributed by atoms with Crippen molar-refractivity contribution in [2.24, 2.45) is 5.92 Å². The molecule has 0 aromatic rings. The molecule has 0 rings (SSSR count). The van der Waals surface area contributed by atoms with Gasteiger partial charge in [0.05, 0.1) is 25.7 Å². The van der Waals surface area contributed by atoms with Crippen molar-refractivity contribution in [3.63, 3.8) is 0 Å². The van der Waals surface area contributed by atoms with Crippen LogP contribution in [-0.4, -0.2) is 25.8 Å². The van der Waals surface area contributed by atoms with Gasteiger partial charge in [-0.2, -0.15) is 0 Å². The minimum absolute atomic E-state index is 0.164. The van der Waals surface area contributed by atoms with Crippen LogP contribution in [0.4, 0.5) is 0 Å². The second kappa shape index (κ2) is 9.64. The SMILES string of the molecule is CCCCCCC(C)OCC(C)C(=O)OC. The molecule has 0 aliphatic carbocycles. The molecule has 3 nitrogen and oxygen atoms in total. The van der Waals surface area contributed by atoms with Crippen molar-refractivity contribution in [2.75, 3.05) is 13.7 Å². The summed E-state index contributed by atoms with van der Waals surface area (Å²) in [6.07, 6.45) is 6.36. The Bertz CT molecular complexity index is 180. The topological polar surface area (TPSA) is 35.5 Å². The van der Waals surface area contributed by atoms with E-state index in [1.165, 1.54) is 32.8 Å². The van der Waals surface area contributed by atoms with E-state index < -0.39 is 0 Å². The summed E-state index contributed by atoms with van der Waals surface area (Å²) < 4.78 is 10.2. The lowest BCUT2D eigenvalue weighted by Crippen LogP contribution is -2.21. The van der Waals surface area contributed by atoms with E-state index in [2.05, 4.69) is 18.6 Å². The van der Waals surface area contributed by atoms with Crippen LogP contribution in [0.5, 0.6) is 0 Å². The fraction of sp³-hybridized carbons (Fsp3) is 0.923. The van der Waals surface area contributed by atoms with Crippen LogP contribution in [0.2, 0.25) is 0 Å². The Morgan fingerprint density at radius 3 is 2.44 bits per heavy atom. The van der Waals surface area contributed by atoms with Crippen LogP contribution in [0.3, 0.4) is 0 Å². The van der Waals surface area contributed by atoms with E-state index in [0.717, 1.165) is 6.42 Å². The molecular formula is C13H26O3. The van der Waals surface area contributed by atoms with Crippen LogP contribution in [0.25, 0.3) is 0 Å². The molecule has 0 spiro atoms. The van der Waals surface area contributed by atoms with Gasteiger partial charge in [-0.3, -0.25) is 4.79 Å². The Kier molecular flexibility index (Phi) is 9.30. The lowest BCUT2D eigenvalue weighted by molar-refractivity contribution is -0.147. The number of carbonyl (C=O) groups excluding carboxylic acids is 1. The van der Waals surface area contributed by atoms with Crippen molar-refractivity contribution in [3.8, 4) is 0 Å². The summed E-state index contributed by atoms with van der Waals surface area (Å²) in [5, 5.41) is 0. The van der Waals surface area contributed by atoms with Gasteiger partial charge in [-0.1, -0.05) is 32.6 Å². The molecule has 0 aliphatic rings. The van der Waals surface area contributed by atoms with E-state index in [4.69, 9.17) is 4.74 Å². The number of hydrogen-bond donors (Lipinski definition) is 0. The van der Waals surface area contributed by atoms with Gasteiger partial charge < -0.3 is 9.47 Å². The zero-order valence-corrected chi connectivity index (χ0v) is 11.1. The molecule has 0 aromatic heterocycles. The van der Waals surface area contributed by atoms with Crippen molar-refractivity contribution in [1.82, 2.24) is 0 Å². The first-order chi connectivity index (χ1) is 7.61. The molecule has 0 bridgehead atoms. The van der Waals surface area contributed by atoms with Crippen molar-refractivity contribution >= 4 is 5.97 Å². The molecule has 0 saturated carbocycles. The Hall–Kier alpha value is -0.570. The minimum atomic E-state index is -0.196. The third-order valence-electron chi connectivity index (χ3n) is 2.70. The average molecular weight is 230 g/mol. The zero-order valence-electron chi connectivity index (χ0n) is 11.1. The maximum Gasteiger partial charge on any atom is 0.310 e. The molecule has 0 N–H and O–H groups in total. The van der Waals surface area contributed by atoms with E-state index in [1.54, 1.807) is 0 Å². The molecule has 0 heterocycles. The number of carbonyl (C=O) groups is 1. The Balaban J connectivity index is 3.49. The number of ether oxygens (including phenoxy) is 2. The summed E-state index contributed by atoms with van der Waals surface area (Å²) in [7, 11) is 1.41. The summed E-state index contributed by atoms with van der Waals surface area (Å²) in [6, 6.07) is 0. The molecule has 16 heavy (non-hydrogen) atoms. The summed E-state index contributed by atoms with van der Waals surface area (Å²) in [5.74, 6) is -0.360. The highest BCUT2D eigenvalue weighted by Crippen LogP contribution is 2.09. The van der Waals surface area contributed by atoms with Gasteiger partial charge >= 0.3 is 5.97 Å². The van der Waals surface area contributed by atoms with E-state index >= 15 is 0 Å². The van der Waals surface area contributed by atoms with Gasteiger partial charge in [0.2, 0.25) is 0 Å². The fourth-order valence-electron chi connectivity index (χ4n) is 1.52. The van der Waals surface area contributed by atoms with Gasteiger partial charge in [0.1, 0.15) is 0 Å². The molecule has 0 amide bonds. The molecule has 2 atom stereocenters. The highest BCUT2D eigenvalue weighted by molar-refractivity contribution is 5.71. The molecule has 96 valence electrons. The summed E-state index contributed by atoms with van der Waals surface area (Å²) in [5.41, 5.74) is 0. The summed E-state index contributed by atoms with van der Waals surface area (Å²) in [6.45, 7) is 6.56. The van der Waals surface area contributed by atoms with Crippen molar-refractivity contribution < 1.29 is 14.3 Å². The highest BCUT2D eigenvalue weighted by atomic mass is 16.5. The van der Waals surface area contributed by atoms with Crippen LogP contribution in [-0.2, 0) is 14.3 Å². The smallest absolute Gasteiger partial charge is 0.310 e. The summed E-state index contributed by atoms with van der Waals surface area (Å²) >= 11 is 0. The van der Waals surface area contributed by atoms with Crippen LogP contribution < -0.4 is 0 Å². The third-order valence-corrected chi connectivity index (χ3v) is 2.70. The lowest BCUT2D eigenvalue weighted by Gasteiger charge is -2.15. The first kappa shape index (κ1) is 15.4. The molecule has 0 saturated heterocycles.